The summed E-state index contributed by atoms with van der Waals surface area (Å²) in [4.78, 5) is 17.8. The van der Waals surface area contributed by atoms with Crippen molar-refractivity contribution >= 4 is 28.4 Å². The molecule has 3 N–H and O–H groups in total. The fourth-order valence-electron chi connectivity index (χ4n) is 1.07. The van der Waals surface area contributed by atoms with Crippen LogP contribution in [0.15, 0.2) is 11.1 Å². The zero-order valence-electron chi connectivity index (χ0n) is 9.05. The van der Waals surface area contributed by atoms with Gasteiger partial charge < -0.3 is 20.4 Å². The second kappa shape index (κ2) is 7.58. The summed E-state index contributed by atoms with van der Waals surface area (Å²) < 4.78 is 5.48. The van der Waals surface area contributed by atoms with Crippen LogP contribution in [0.2, 0.25) is 0 Å². The molecule has 1 aromatic rings. The van der Waals surface area contributed by atoms with Crippen LogP contribution < -0.4 is 16.2 Å². The minimum absolute atomic E-state index is 0.120. The number of hydrogen-bond donors (Lipinski definition) is 3. The van der Waals surface area contributed by atoms with Gasteiger partial charge in [-0.1, -0.05) is 0 Å². The third-order valence-corrected chi connectivity index (χ3v) is 2.87. The van der Waals surface area contributed by atoms with E-state index in [0.29, 0.717) is 16.0 Å². The number of aromatic nitrogens is 2. The number of rotatable bonds is 7. The maximum absolute atomic E-state index is 11.2. The van der Waals surface area contributed by atoms with Crippen LogP contribution in [0.1, 0.15) is 0 Å². The van der Waals surface area contributed by atoms with Crippen molar-refractivity contribution in [3.05, 3.63) is 20.3 Å². The van der Waals surface area contributed by atoms with Gasteiger partial charge in [0, 0.05) is 26.7 Å². The Kier molecular flexibility index (Phi) is 6.34. The van der Waals surface area contributed by atoms with Crippen LogP contribution in [0.5, 0.6) is 0 Å². The van der Waals surface area contributed by atoms with Crippen molar-refractivity contribution in [1.29, 1.82) is 0 Å². The van der Waals surface area contributed by atoms with E-state index < -0.39 is 0 Å². The van der Waals surface area contributed by atoms with E-state index in [-0.39, 0.29) is 5.56 Å². The predicted molar refractivity (Wildman–Crippen MR) is 70.8 cm³/mol. The number of aromatic amines is 1. The van der Waals surface area contributed by atoms with Gasteiger partial charge in [0.25, 0.3) is 5.56 Å². The maximum atomic E-state index is 11.2. The Morgan fingerprint density at radius 1 is 1.50 bits per heavy atom. The summed E-state index contributed by atoms with van der Waals surface area (Å²) in [5.41, 5.74) is -0.120. The topological polar surface area (TPSA) is 79.0 Å². The van der Waals surface area contributed by atoms with Crippen molar-refractivity contribution in [3.63, 3.8) is 0 Å². The average Bonchev–Trinajstić information content (AvgIpc) is 2.29. The summed E-state index contributed by atoms with van der Waals surface area (Å²) in [6.45, 7) is 3.03. The molecule has 1 rings (SSSR count). The summed E-state index contributed by atoms with van der Waals surface area (Å²) in [6, 6.07) is 0. The highest BCUT2D eigenvalue weighted by atomic mass is 127. The molecular formula is C9H15IN4O2. The Labute approximate surface area is 107 Å². The molecule has 0 saturated heterocycles. The Balaban J connectivity index is 2.27. The van der Waals surface area contributed by atoms with E-state index in [9.17, 15) is 4.79 Å². The van der Waals surface area contributed by atoms with Crippen LogP contribution in [0.25, 0.3) is 0 Å². The summed E-state index contributed by atoms with van der Waals surface area (Å²) in [5.74, 6) is 0.623. The molecule has 0 atom stereocenters. The highest BCUT2D eigenvalue weighted by Gasteiger charge is 2.03. The van der Waals surface area contributed by atoms with E-state index in [1.165, 1.54) is 6.33 Å². The van der Waals surface area contributed by atoms with Crippen molar-refractivity contribution in [2.75, 3.05) is 38.7 Å². The molecule has 7 heteroatoms. The van der Waals surface area contributed by atoms with Gasteiger partial charge in [0.15, 0.2) is 0 Å². The van der Waals surface area contributed by atoms with Gasteiger partial charge in [-0.15, -0.1) is 0 Å². The molecule has 0 saturated carbocycles. The third-order valence-electron chi connectivity index (χ3n) is 1.87. The Hall–Kier alpha value is -0.670. The van der Waals surface area contributed by atoms with E-state index in [1.807, 2.05) is 22.6 Å². The third kappa shape index (κ3) is 4.45. The summed E-state index contributed by atoms with van der Waals surface area (Å²) in [7, 11) is 1.67. The number of halogens is 1. The molecule has 0 fully saturated rings. The second-order valence-electron chi connectivity index (χ2n) is 3.06. The molecule has 6 nitrogen and oxygen atoms in total. The number of nitrogens with one attached hydrogen (secondary N) is 3. The Bertz CT molecular complexity index is 369. The molecule has 0 unspecified atom stereocenters. The van der Waals surface area contributed by atoms with Crippen LogP contribution in [-0.2, 0) is 4.74 Å². The molecule has 0 aromatic carbocycles. The van der Waals surface area contributed by atoms with Gasteiger partial charge >= 0.3 is 0 Å². The van der Waals surface area contributed by atoms with E-state index in [0.717, 1.165) is 19.6 Å². The lowest BCUT2D eigenvalue weighted by Crippen LogP contribution is -2.26. The molecule has 16 heavy (non-hydrogen) atoms. The van der Waals surface area contributed by atoms with Gasteiger partial charge in [-0.2, -0.15) is 0 Å². The second-order valence-corrected chi connectivity index (χ2v) is 4.14. The van der Waals surface area contributed by atoms with Crippen LogP contribution in [-0.4, -0.2) is 43.3 Å². The molecule has 1 aromatic heterocycles. The van der Waals surface area contributed by atoms with Crippen LogP contribution >= 0.6 is 22.6 Å². The molecule has 0 radical (unpaired) electrons. The van der Waals surface area contributed by atoms with E-state index in [4.69, 9.17) is 4.74 Å². The molecule has 0 aliphatic rings. The van der Waals surface area contributed by atoms with Crippen molar-refractivity contribution < 1.29 is 4.74 Å². The Morgan fingerprint density at radius 3 is 3.06 bits per heavy atom. The van der Waals surface area contributed by atoms with Gasteiger partial charge in [0.05, 0.1) is 12.9 Å². The van der Waals surface area contributed by atoms with Crippen molar-refractivity contribution in [3.8, 4) is 0 Å². The van der Waals surface area contributed by atoms with Crippen LogP contribution in [0, 0.1) is 3.57 Å². The molecule has 0 amide bonds. The van der Waals surface area contributed by atoms with E-state index >= 15 is 0 Å². The van der Waals surface area contributed by atoms with Gasteiger partial charge in [0.2, 0.25) is 0 Å². The molecule has 0 aliphatic heterocycles. The highest BCUT2D eigenvalue weighted by Crippen LogP contribution is 2.07. The van der Waals surface area contributed by atoms with Crippen molar-refractivity contribution in [1.82, 2.24) is 15.3 Å². The van der Waals surface area contributed by atoms with Crippen molar-refractivity contribution in [2.45, 2.75) is 0 Å². The highest BCUT2D eigenvalue weighted by molar-refractivity contribution is 14.1. The monoisotopic (exact) mass is 338 g/mol. The minimum Gasteiger partial charge on any atom is -0.383 e. The maximum Gasteiger partial charge on any atom is 0.266 e. The largest absolute Gasteiger partial charge is 0.383 e. The first-order valence-electron chi connectivity index (χ1n) is 4.92. The molecule has 0 bridgehead atoms. The Morgan fingerprint density at radius 2 is 2.31 bits per heavy atom. The zero-order chi connectivity index (χ0) is 11.8. The number of nitrogens with zero attached hydrogens (tertiary/aromatic N) is 1. The standard InChI is InChI=1S/C9H15IN4O2/c1-16-5-4-11-2-3-12-8-7(10)9(15)14-6-13-8/h6,11H,2-5H2,1H3,(H2,12,13,14,15). The summed E-state index contributed by atoms with van der Waals surface area (Å²) in [5, 5.41) is 6.28. The number of hydrogen-bond acceptors (Lipinski definition) is 5. The number of anilines is 1. The lowest BCUT2D eigenvalue weighted by molar-refractivity contribution is 0.200. The lowest BCUT2D eigenvalue weighted by Gasteiger charge is -2.07. The first kappa shape index (κ1) is 13.4. The normalized spacial score (nSPS) is 10.4. The number of ether oxygens (including phenoxy) is 1. The number of H-pyrrole nitrogens is 1. The fourth-order valence-corrected chi connectivity index (χ4v) is 1.56. The quantitative estimate of drug-likeness (QED) is 0.483. The zero-order valence-corrected chi connectivity index (χ0v) is 11.2. The summed E-state index contributed by atoms with van der Waals surface area (Å²) >= 11 is 1.97. The van der Waals surface area contributed by atoms with Crippen LogP contribution in [0.3, 0.4) is 0 Å². The smallest absolute Gasteiger partial charge is 0.266 e. The van der Waals surface area contributed by atoms with Gasteiger partial charge in [-0.25, -0.2) is 4.98 Å². The molecule has 0 spiro atoms. The van der Waals surface area contributed by atoms with Gasteiger partial charge in [-0.05, 0) is 22.6 Å². The minimum atomic E-state index is -0.120. The van der Waals surface area contributed by atoms with Gasteiger partial charge in [0.1, 0.15) is 9.39 Å². The average molecular weight is 338 g/mol. The van der Waals surface area contributed by atoms with Crippen LogP contribution in [0.4, 0.5) is 5.82 Å². The molecule has 90 valence electrons. The van der Waals surface area contributed by atoms with E-state index in [2.05, 4.69) is 20.6 Å². The van der Waals surface area contributed by atoms with Gasteiger partial charge in [-0.3, -0.25) is 4.79 Å². The first-order valence-corrected chi connectivity index (χ1v) is 6.00. The predicted octanol–water partition coefficient (Wildman–Crippen LogP) is 0.0224. The molecule has 0 aliphatic carbocycles. The summed E-state index contributed by atoms with van der Waals surface area (Å²) in [6.07, 6.45) is 1.39. The SMILES string of the molecule is COCCNCCNc1nc[nH]c(=O)c1I. The first-order chi connectivity index (χ1) is 7.75. The lowest BCUT2D eigenvalue weighted by atomic mass is 10.5. The molecule has 1 heterocycles. The fraction of sp³-hybridized carbons (Fsp3) is 0.556. The number of methoxy groups -OCH3 is 1. The van der Waals surface area contributed by atoms with Crippen molar-refractivity contribution in [2.24, 2.45) is 0 Å². The van der Waals surface area contributed by atoms with E-state index in [1.54, 1.807) is 7.11 Å². The molecular weight excluding hydrogens is 323 g/mol.